The molecule has 0 aliphatic carbocycles. The third-order valence-corrected chi connectivity index (χ3v) is 0.941. The monoisotopic (exact) mass is 122 g/mol. The maximum Gasteiger partial charge on any atom is 0.145 e. The predicted molar refractivity (Wildman–Crippen MR) is 37.9 cm³/mol. The minimum atomic E-state index is 0.713. The molecule has 0 aromatic rings. The van der Waals surface area contributed by atoms with Crippen molar-refractivity contribution in [3.63, 3.8) is 0 Å². The van der Waals surface area contributed by atoms with Gasteiger partial charge >= 0.3 is 0 Å². The van der Waals surface area contributed by atoms with Gasteiger partial charge in [0.25, 0.3) is 0 Å². The number of rotatable bonds is 3. The minimum Gasteiger partial charge on any atom is -0.298 e. The van der Waals surface area contributed by atoms with Crippen molar-refractivity contribution in [1.29, 1.82) is 0 Å². The highest BCUT2D eigenvalue weighted by Gasteiger charge is 1.81. The molecule has 0 aromatic carbocycles. The second-order valence-corrected chi connectivity index (χ2v) is 1.81. The molecule has 1 heteroatoms. The second kappa shape index (κ2) is 5.11. The van der Waals surface area contributed by atoms with Crippen molar-refractivity contribution in [3.05, 3.63) is 11.6 Å². The maximum absolute atomic E-state index is 9.98. The van der Waals surface area contributed by atoms with E-state index in [1.54, 1.807) is 6.92 Å². The lowest BCUT2D eigenvalue weighted by molar-refractivity contribution is -0.104. The molecule has 0 aliphatic heterocycles. The van der Waals surface area contributed by atoms with Crippen LogP contribution in [-0.4, -0.2) is 6.29 Å². The molecule has 0 spiro atoms. The van der Waals surface area contributed by atoms with Crippen molar-refractivity contribution in [2.75, 3.05) is 0 Å². The molecular weight excluding hydrogens is 112 g/mol. The van der Waals surface area contributed by atoms with Crippen LogP contribution < -0.4 is 0 Å². The molecular formula is C8H10O. The minimum absolute atomic E-state index is 0.713. The number of carbonyl (C=O) groups excluding carboxylic acids is 1. The standard InChI is InChI=1S/C8H10O/c1-3-4-5-6-8(2)7-9/h1,6-7H,4-5H2,2H3/b8-6+. The molecule has 0 unspecified atom stereocenters. The van der Waals surface area contributed by atoms with Crippen molar-refractivity contribution in [3.8, 4) is 12.3 Å². The number of unbranched alkanes of at least 4 members (excludes halogenated alkanes) is 1. The Morgan fingerprint density at radius 1 is 1.78 bits per heavy atom. The molecule has 0 bridgehead atoms. The predicted octanol–water partition coefficient (Wildman–Crippen LogP) is 1.54. The fraction of sp³-hybridized carbons (Fsp3) is 0.375. The summed E-state index contributed by atoms with van der Waals surface area (Å²) in [7, 11) is 0. The summed E-state index contributed by atoms with van der Waals surface area (Å²) in [6.07, 6.45) is 9.18. The molecule has 0 heterocycles. The molecule has 0 atom stereocenters. The van der Waals surface area contributed by atoms with Gasteiger partial charge in [-0.25, -0.2) is 0 Å². The van der Waals surface area contributed by atoms with Crippen LogP contribution in [0.1, 0.15) is 19.8 Å². The number of allylic oxidation sites excluding steroid dienone is 2. The lowest BCUT2D eigenvalue weighted by Gasteiger charge is -1.84. The first-order valence-corrected chi connectivity index (χ1v) is 2.86. The van der Waals surface area contributed by atoms with Crippen LogP contribution in [-0.2, 0) is 4.79 Å². The molecule has 0 saturated carbocycles. The van der Waals surface area contributed by atoms with Crippen molar-refractivity contribution in [1.82, 2.24) is 0 Å². The smallest absolute Gasteiger partial charge is 0.145 e. The van der Waals surface area contributed by atoms with E-state index >= 15 is 0 Å². The van der Waals surface area contributed by atoms with Crippen LogP contribution in [0.25, 0.3) is 0 Å². The van der Waals surface area contributed by atoms with Crippen LogP contribution in [0.3, 0.4) is 0 Å². The van der Waals surface area contributed by atoms with Crippen LogP contribution in [0, 0.1) is 12.3 Å². The van der Waals surface area contributed by atoms with E-state index in [9.17, 15) is 4.79 Å². The van der Waals surface area contributed by atoms with Gasteiger partial charge in [-0.3, -0.25) is 4.79 Å². The second-order valence-electron chi connectivity index (χ2n) is 1.81. The van der Waals surface area contributed by atoms with Gasteiger partial charge in [0.2, 0.25) is 0 Å². The number of terminal acetylenes is 1. The quantitative estimate of drug-likeness (QED) is 0.240. The van der Waals surface area contributed by atoms with Gasteiger partial charge in [-0.1, -0.05) is 6.08 Å². The molecule has 0 fully saturated rings. The molecule has 0 rings (SSSR count). The highest BCUT2D eigenvalue weighted by molar-refractivity contribution is 5.71. The van der Waals surface area contributed by atoms with Gasteiger partial charge < -0.3 is 0 Å². The van der Waals surface area contributed by atoms with Crippen molar-refractivity contribution in [2.24, 2.45) is 0 Å². The summed E-state index contributed by atoms with van der Waals surface area (Å²) in [6.45, 7) is 1.77. The van der Waals surface area contributed by atoms with Crippen LogP contribution in [0.15, 0.2) is 11.6 Å². The number of hydrogen-bond donors (Lipinski definition) is 0. The molecule has 1 nitrogen and oxygen atoms in total. The number of aldehydes is 1. The fourth-order valence-electron chi connectivity index (χ4n) is 0.431. The van der Waals surface area contributed by atoms with Crippen LogP contribution >= 0.6 is 0 Å². The molecule has 48 valence electrons. The Bertz CT molecular complexity index is 148. The fourth-order valence-corrected chi connectivity index (χ4v) is 0.431. The summed E-state index contributed by atoms with van der Waals surface area (Å²) in [5, 5.41) is 0. The van der Waals surface area contributed by atoms with Gasteiger partial charge in [-0.15, -0.1) is 12.3 Å². The Labute approximate surface area is 55.8 Å². The molecule has 0 saturated heterocycles. The van der Waals surface area contributed by atoms with E-state index < -0.39 is 0 Å². The normalized spacial score (nSPS) is 10.4. The van der Waals surface area contributed by atoms with E-state index in [1.807, 2.05) is 6.08 Å². The SMILES string of the molecule is C#CCC/C=C(\C)C=O. The lowest BCUT2D eigenvalue weighted by atomic mass is 10.2. The highest BCUT2D eigenvalue weighted by atomic mass is 16.1. The molecule has 0 aliphatic rings. The van der Waals surface area contributed by atoms with E-state index in [0.717, 1.165) is 18.3 Å². The molecule has 0 amide bonds. The molecule has 0 aromatic heterocycles. The van der Waals surface area contributed by atoms with Crippen LogP contribution in [0.2, 0.25) is 0 Å². The van der Waals surface area contributed by atoms with Gasteiger partial charge in [0.05, 0.1) is 0 Å². The molecule has 0 N–H and O–H groups in total. The summed E-state index contributed by atoms with van der Waals surface area (Å²) >= 11 is 0. The van der Waals surface area contributed by atoms with E-state index in [-0.39, 0.29) is 0 Å². The third kappa shape index (κ3) is 4.83. The van der Waals surface area contributed by atoms with Crippen molar-refractivity contribution < 1.29 is 4.79 Å². The lowest BCUT2D eigenvalue weighted by Crippen LogP contribution is -1.75. The van der Waals surface area contributed by atoms with Gasteiger partial charge in [0.1, 0.15) is 6.29 Å². The zero-order chi connectivity index (χ0) is 7.11. The zero-order valence-corrected chi connectivity index (χ0v) is 5.55. The Balaban J connectivity index is 3.46. The van der Waals surface area contributed by atoms with E-state index in [1.165, 1.54) is 0 Å². The average molecular weight is 122 g/mol. The van der Waals surface area contributed by atoms with Crippen LogP contribution in [0.5, 0.6) is 0 Å². The average Bonchev–Trinajstić information content (AvgIpc) is 1.89. The summed E-state index contributed by atoms with van der Waals surface area (Å²) in [5.74, 6) is 2.49. The topological polar surface area (TPSA) is 17.1 Å². The molecule has 9 heavy (non-hydrogen) atoms. The van der Waals surface area contributed by atoms with E-state index in [0.29, 0.717) is 6.42 Å². The Morgan fingerprint density at radius 3 is 2.89 bits per heavy atom. The zero-order valence-electron chi connectivity index (χ0n) is 5.55. The summed E-state index contributed by atoms with van der Waals surface area (Å²) < 4.78 is 0. The number of hydrogen-bond acceptors (Lipinski definition) is 1. The Hall–Kier alpha value is -1.03. The van der Waals surface area contributed by atoms with Crippen molar-refractivity contribution in [2.45, 2.75) is 19.8 Å². The first-order chi connectivity index (χ1) is 4.31. The van der Waals surface area contributed by atoms with Crippen LogP contribution in [0.4, 0.5) is 0 Å². The third-order valence-electron chi connectivity index (χ3n) is 0.941. The Morgan fingerprint density at radius 2 is 2.44 bits per heavy atom. The first kappa shape index (κ1) is 7.97. The van der Waals surface area contributed by atoms with Gasteiger partial charge in [-0.2, -0.15) is 0 Å². The summed E-state index contributed by atoms with van der Waals surface area (Å²) in [6, 6.07) is 0. The largest absolute Gasteiger partial charge is 0.298 e. The van der Waals surface area contributed by atoms with Gasteiger partial charge in [-0.05, 0) is 18.9 Å². The van der Waals surface area contributed by atoms with Gasteiger partial charge in [0.15, 0.2) is 0 Å². The molecule has 0 radical (unpaired) electrons. The number of carbonyl (C=O) groups is 1. The Kier molecular flexibility index (Phi) is 4.53. The first-order valence-electron chi connectivity index (χ1n) is 2.86. The van der Waals surface area contributed by atoms with Gasteiger partial charge in [0, 0.05) is 6.42 Å². The van der Waals surface area contributed by atoms with E-state index in [4.69, 9.17) is 6.42 Å². The summed E-state index contributed by atoms with van der Waals surface area (Å²) in [4.78, 5) is 9.98. The summed E-state index contributed by atoms with van der Waals surface area (Å²) in [5.41, 5.74) is 0.755. The maximum atomic E-state index is 9.98. The van der Waals surface area contributed by atoms with Crippen molar-refractivity contribution >= 4 is 6.29 Å². The van der Waals surface area contributed by atoms with E-state index in [2.05, 4.69) is 5.92 Å². The highest BCUT2D eigenvalue weighted by Crippen LogP contribution is 1.93.